The summed E-state index contributed by atoms with van der Waals surface area (Å²) in [7, 11) is 0. The minimum Gasteiger partial charge on any atom is -0.441 e. The van der Waals surface area contributed by atoms with Crippen LogP contribution in [0.4, 0.5) is 0 Å². The first-order chi connectivity index (χ1) is 10.8. The molecule has 0 saturated carbocycles. The summed E-state index contributed by atoms with van der Waals surface area (Å²) in [5.41, 5.74) is 3.07. The lowest BCUT2D eigenvalue weighted by molar-refractivity contribution is -0.121. The molecule has 22 heavy (non-hydrogen) atoms. The molecule has 1 heterocycles. The van der Waals surface area contributed by atoms with E-state index in [0.29, 0.717) is 25.3 Å². The lowest BCUT2D eigenvalue weighted by Gasteiger charge is -2.13. The van der Waals surface area contributed by atoms with Gasteiger partial charge in [-0.05, 0) is 44.2 Å². The molecule has 4 heteroatoms. The summed E-state index contributed by atoms with van der Waals surface area (Å²) in [5, 5.41) is 3.01. The van der Waals surface area contributed by atoms with Gasteiger partial charge in [0.1, 0.15) is 5.52 Å². The van der Waals surface area contributed by atoms with Crippen LogP contribution in [-0.4, -0.2) is 17.4 Å². The summed E-state index contributed by atoms with van der Waals surface area (Å²) in [6, 6.07) is 7.73. The molecule has 1 aliphatic carbocycles. The van der Waals surface area contributed by atoms with Crippen molar-refractivity contribution in [3.63, 3.8) is 0 Å². The first-order valence-corrected chi connectivity index (χ1v) is 8.10. The highest BCUT2D eigenvalue weighted by molar-refractivity contribution is 5.76. The Morgan fingerprint density at radius 2 is 2.18 bits per heavy atom. The number of nitrogens with zero attached hydrogens (tertiary/aromatic N) is 1. The zero-order valence-electron chi connectivity index (χ0n) is 12.8. The predicted molar refractivity (Wildman–Crippen MR) is 86.5 cm³/mol. The molecule has 4 nitrogen and oxygen atoms in total. The van der Waals surface area contributed by atoms with Crippen molar-refractivity contribution in [3.8, 4) is 0 Å². The van der Waals surface area contributed by atoms with Crippen molar-refractivity contribution < 1.29 is 9.21 Å². The molecule has 0 aliphatic heterocycles. The van der Waals surface area contributed by atoms with Gasteiger partial charge >= 0.3 is 0 Å². The zero-order chi connectivity index (χ0) is 15.2. The van der Waals surface area contributed by atoms with Gasteiger partial charge in [0.25, 0.3) is 0 Å². The van der Waals surface area contributed by atoms with Crippen LogP contribution in [0.1, 0.15) is 44.4 Å². The Balaban J connectivity index is 1.40. The molecule has 1 N–H and O–H groups in total. The van der Waals surface area contributed by atoms with Gasteiger partial charge in [-0.3, -0.25) is 4.79 Å². The van der Waals surface area contributed by atoms with E-state index < -0.39 is 0 Å². The number of hydrogen-bond acceptors (Lipinski definition) is 3. The molecule has 1 aromatic heterocycles. The molecular weight excluding hydrogens is 276 g/mol. The first kappa shape index (κ1) is 14.8. The quantitative estimate of drug-likeness (QED) is 0.826. The minimum atomic E-state index is 0.114. The van der Waals surface area contributed by atoms with Gasteiger partial charge in [0.15, 0.2) is 11.5 Å². The summed E-state index contributed by atoms with van der Waals surface area (Å²) in [4.78, 5) is 16.3. The number of oxazole rings is 1. The Morgan fingerprint density at radius 3 is 3.00 bits per heavy atom. The third kappa shape index (κ3) is 3.97. The van der Waals surface area contributed by atoms with Crippen LogP contribution in [0.2, 0.25) is 0 Å². The summed E-state index contributed by atoms with van der Waals surface area (Å²) in [5.74, 6) is 0.826. The van der Waals surface area contributed by atoms with Crippen LogP contribution in [0, 0.1) is 0 Å². The highest BCUT2D eigenvalue weighted by Gasteiger charge is 2.08. The fourth-order valence-corrected chi connectivity index (χ4v) is 2.79. The van der Waals surface area contributed by atoms with Crippen molar-refractivity contribution in [2.45, 2.75) is 44.9 Å². The Morgan fingerprint density at radius 1 is 1.27 bits per heavy atom. The average molecular weight is 298 g/mol. The summed E-state index contributed by atoms with van der Waals surface area (Å²) in [6.45, 7) is 0.710. The number of rotatable bonds is 6. The number of hydrogen-bond donors (Lipinski definition) is 1. The number of nitrogens with one attached hydrogen (secondary N) is 1. The Hall–Kier alpha value is -2.10. The topological polar surface area (TPSA) is 55.1 Å². The van der Waals surface area contributed by atoms with Crippen molar-refractivity contribution in [1.29, 1.82) is 0 Å². The molecule has 1 aromatic carbocycles. The van der Waals surface area contributed by atoms with E-state index in [0.717, 1.165) is 30.4 Å². The minimum absolute atomic E-state index is 0.114. The molecule has 1 aliphatic rings. The van der Waals surface area contributed by atoms with Gasteiger partial charge in [-0.2, -0.15) is 0 Å². The van der Waals surface area contributed by atoms with Gasteiger partial charge in [-0.15, -0.1) is 0 Å². The molecule has 0 saturated heterocycles. The third-order valence-corrected chi connectivity index (χ3v) is 4.03. The van der Waals surface area contributed by atoms with Crippen molar-refractivity contribution >= 4 is 17.0 Å². The van der Waals surface area contributed by atoms with E-state index in [9.17, 15) is 4.79 Å². The number of allylic oxidation sites excluding steroid dienone is 1. The number of carbonyl (C=O) groups is 1. The van der Waals surface area contributed by atoms with Crippen molar-refractivity contribution in [1.82, 2.24) is 10.3 Å². The van der Waals surface area contributed by atoms with Crippen LogP contribution in [0.3, 0.4) is 0 Å². The molecule has 0 bridgehead atoms. The summed E-state index contributed by atoms with van der Waals surface area (Å²) >= 11 is 0. The average Bonchev–Trinajstić information content (AvgIpc) is 2.96. The summed E-state index contributed by atoms with van der Waals surface area (Å²) < 4.78 is 5.65. The van der Waals surface area contributed by atoms with Crippen LogP contribution < -0.4 is 5.32 Å². The van der Waals surface area contributed by atoms with Crippen LogP contribution >= 0.6 is 0 Å². The molecule has 116 valence electrons. The maximum atomic E-state index is 11.9. The lowest BCUT2D eigenvalue weighted by atomic mass is 10.00. The van der Waals surface area contributed by atoms with Gasteiger partial charge in [-0.25, -0.2) is 4.98 Å². The second-order valence-corrected chi connectivity index (χ2v) is 5.81. The standard InChI is InChI=1S/C18H22N2O2/c21-17(19-13-14-7-2-1-3-8-14)11-6-12-18-20-15-9-4-5-10-16(15)22-18/h4-5,7,9-10H,1-3,6,8,11-13H2,(H,19,21). The Kier molecular flexibility index (Phi) is 4.88. The fraction of sp³-hybridized carbons (Fsp3) is 0.444. The number of benzene rings is 1. The molecular formula is C18H22N2O2. The van der Waals surface area contributed by atoms with E-state index >= 15 is 0 Å². The fourth-order valence-electron chi connectivity index (χ4n) is 2.79. The van der Waals surface area contributed by atoms with Gasteiger partial charge in [0.2, 0.25) is 5.91 Å². The monoisotopic (exact) mass is 298 g/mol. The molecule has 0 spiro atoms. The van der Waals surface area contributed by atoms with Crippen molar-refractivity contribution in [2.24, 2.45) is 0 Å². The van der Waals surface area contributed by atoms with Crippen LogP contribution in [0.25, 0.3) is 11.1 Å². The van der Waals surface area contributed by atoms with E-state index in [1.165, 1.54) is 18.4 Å². The smallest absolute Gasteiger partial charge is 0.220 e. The molecule has 0 atom stereocenters. The second kappa shape index (κ2) is 7.25. The number of para-hydroxylation sites is 2. The van der Waals surface area contributed by atoms with Crippen LogP contribution in [0.15, 0.2) is 40.3 Å². The van der Waals surface area contributed by atoms with Gasteiger partial charge in [-0.1, -0.05) is 23.8 Å². The van der Waals surface area contributed by atoms with Gasteiger partial charge in [0.05, 0.1) is 0 Å². The van der Waals surface area contributed by atoms with Crippen LogP contribution in [-0.2, 0) is 11.2 Å². The molecule has 3 rings (SSSR count). The maximum absolute atomic E-state index is 11.9. The number of carbonyl (C=O) groups excluding carboxylic acids is 1. The second-order valence-electron chi connectivity index (χ2n) is 5.81. The highest BCUT2D eigenvalue weighted by atomic mass is 16.3. The molecule has 1 amide bonds. The van der Waals surface area contributed by atoms with E-state index in [4.69, 9.17) is 4.42 Å². The number of aryl methyl sites for hydroxylation is 1. The first-order valence-electron chi connectivity index (χ1n) is 8.10. The van der Waals surface area contributed by atoms with Crippen molar-refractivity contribution in [3.05, 3.63) is 41.8 Å². The number of fused-ring (bicyclic) bond motifs is 1. The Bertz CT molecular complexity index is 640. The van der Waals surface area contributed by atoms with E-state index in [1.807, 2.05) is 24.3 Å². The third-order valence-electron chi connectivity index (χ3n) is 4.03. The predicted octanol–water partition coefficient (Wildman–Crippen LogP) is 3.77. The largest absolute Gasteiger partial charge is 0.441 e. The normalized spacial score (nSPS) is 14.8. The molecule has 0 fully saturated rings. The zero-order valence-corrected chi connectivity index (χ0v) is 12.8. The van der Waals surface area contributed by atoms with Gasteiger partial charge < -0.3 is 9.73 Å². The van der Waals surface area contributed by atoms with E-state index in [-0.39, 0.29) is 5.91 Å². The van der Waals surface area contributed by atoms with E-state index in [1.54, 1.807) is 0 Å². The lowest BCUT2D eigenvalue weighted by Crippen LogP contribution is -2.25. The number of aromatic nitrogens is 1. The van der Waals surface area contributed by atoms with E-state index in [2.05, 4.69) is 16.4 Å². The number of amides is 1. The molecule has 0 unspecified atom stereocenters. The highest BCUT2D eigenvalue weighted by Crippen LogP contribution is 2.17. The van der Waals surface area contributed by atoms with Gasteiger partial charge in [0, 0.05) is 19.4 Å². The molecule has 0 radical (unpaired) electrons. The van der Waals surface area contributed by atoms with Crippen molar-refractivity contribution in [2.75, 3.05) is 6.54 Å². The molecule has 2 aromatic rings. The Labute approximate surface area is 130 Å². The SMILES string of the molecule is O=C(CCCc1nc2ccccc2o1)NCC1=CCCCC1. The van der Waals surface area contributed by atoms with Crippen LogP contribution in [0.5, 0.6) is 0 Å². The summed E-state index contributed by atoms with van der Waals surface area (Å²) in [6.07, 6.45) is 9.06. The maximum Gasteiger partial charge on any atom is 0.220 e.